The van der Waals surface area contributed by atoms with Crippen LogP contribution >= 0.6 is 15.9 Å². The number of benzene rings is 1. The number of hydrogen-bond donors (Lipinski definition) is 0. The Morgan fingerprint density at radius 3 is 2.81 bits per heavy atom. The van der Waals surface area contributed by atoms with Crippen molar-refractivity contribution in [2.75, 3.05) is 0 Å². The summed E-state index contributed by atoms with van der Waals surface area (Å²) in [6.07, 6.45) is 1.63. The van der Waals surface area contributed by atoms with Gasteiger partial charge in [0.15, 0.2) is 0 Å². The summed E-state index contributed by atoms with van der Waals surface area (Å²) in [5.74, 6) is 0.204. The van der Waals surface area contributed by atoms with Gasteiger partial charge in [0.25, 0.3) is 0 Å². The Kier molecular flexibility index (Phi) is 3.51. The molecule has 0 radical (unpaired) electrons. The topological polar surface area (TPSA) is 22.1 Å². The third kappa shape index (κ3) is 2.79. The third-order valence-electron chi connectivity index (χ3n) is 2.03. The largest absolute Gasteiger partial charge is 0.473 e. The molecule has 0 saturated heterocycles. The van der Waals surface area contributed by atoms with E-state index in [2.05, 4.69) is 20.9 Å². The van der Waals surface area contributed by atoms with Gasteiger partial charge in [0.1, 0.15) is 12.4 Å². The summed E-state index contributed by atoms with van der Waals surface area (Å²) in [5.41, 5.74) is 0.518. The molecule has 0 spiro atoms. The molecule has 82 valence electrons. The van der Waals surface area contributed by atoms with Crippen molar-refractivity contribution in [1.82, 2.24) is 4.98 Å². The second-order valence-corrected chi connectivity index (χ2v) is 4.11. The van der Waals surface area contributed by atoms with Crippen molar-refractivity contribution in [2.45, 2.75) is 6.61 Å². The molecule has 0 saturated carbocycles. The Morgan fingerprint density at radius 1 is 1.25 bits per heavy atom. The van der Waals surface area contributed by atoms with Crippen molar-refractivity contribution in [3.05, 3.63) is 58.4 Å². The Hall–Kier alpha value is -1.42. The second kappa shape index (κ2) is 5.07. The molecule has 1 aromatic carbocycles. The number of hydrogen-bond acceptors (Lipinski definition) is 2. The van der Waals surface area contributed by atoms with E-state index in [9.17, 15) is 4.39 Å². The van der Waals surface area contributed by atoms with Crippen molar-refractivity contribution in [3.8, 4) is 5.88 Å². The molecule has 0 N–H and O–H groups in total. The van der Waals surface area contributed by atoms with Gasteiger partial charge in [0.2, 0.25) is 5.88 Å². The van der Waals surface area contributed by atoms with E-state index in [4.69, 9.17) is 4.74 Å². The summed E-state index contributed by atoms with van der Waals surface area (Å²) in [6.45, 7) is 0.177. The highest BCUT2D eigenvalue weighted by Crippen LogP contribution is 2.16. The third-order valence-corrected chi connectivity index (χ3v) is 2.52. The molecule has 1 aromatic heterocycles. The van der Waals surface area contributed by atoms with Crippen LogP contribution in [0.3, 0.4) is 0 Å². The van der Waals surface area contributed by atoms with Gasteiger partial charge in [0.05, 0.1) is 0 Å². The minimum atomic E-state index is -0.266. The van der Waals surface area contributed by atoms with Gasteiger partial charge >= 0.3 is 0 Å². The van der Waals surface area contributed by atoms with E-state index in [1.54, 1.807) is 36.5 Å². The van der Waals surface area contributed by atoms with E-state index in [0.29, 0.717) is 11.4 Å². The standard InChI is InChI=1S/C12H9BrFNO/c13-10-5-6-15-12(7-10)16-8-9-3-1-2-4-11(9)14/h1-7H,8H2. The molecule has 4 heteroatoms. The molecule has 0 fully saturated rings. The minimum absolute atomic E-state index is 0.177. The maximum Gasteiger partial charge on any atom is 0.214 e. The van der Waals surface area contributed by atoms with Crippen LogP contribution in [0.1, 0.15) is 5.56 Å². The Bertz CT molecular complexity index is 490. The molecule has 0 aliphatic heterocycles. The van der Waals surface area contributed by atoms with Crippen LogP contribution < -0.4 is 4.74 Å². The van der Waals surface area contributed by atoms with Crippen molar-refractivity contribution in [3.63, 3.8) is 0 Å². The van der Waals surface area contributed by atoms with Crippen LogP contribution in [0, 0.1) is 5.82 Å². The van der Waals surface area contributed by atoms with Gasteiger partial charge in [-0.05, 0) is 12.1 Å². The summed E-state index contributed by atoms with van der Waals surface area (Å²) in [6, 6.07) is 10.1. The van der Waals surface area contributed by atoms with Crippen LogP contribution in [-0.4, -0.2) is 4.98 Å². The van der Waals surface area contributed by atoms with Crippen molar-refractivity contribution in [2.24, 2.45) is 0 Å². The normalized spacial score (nSPS) is 10.1. The summed E-state index contributed by atoms with van der Waals surface area (Å²) in [7, 11) is 0. The molecular weight excluding hydrogens is 273 g/mol. The average molecular weight is 282 g/mol. The number of pyridine rings is 1. The highest BCUT2D eigenvalue weighted by atomic mass is 79.9. The lowest BCUT2D eigenvalue weighted by Gasteiger charge is -2.05. The molecule has 0 unspecified atom stereocenters. The van der Waals surface area contributed by atoms with Gasteiger partial charge in [-0.15, -0.1) is 0 Å². The van der Waals surface area contributed by atoms with E-state index >= 15 is 0 Å². The smallest absolute Gasteiger partial charge is 0.214 e. The summed E-state index contributed by atoms with van der Waals surface area (Å²) < 4.78 is 19.5. The quantitative estimate of drug-likeness (QED) is 0.858. The average Bonchev–Trinajstić information content (AvgIpc) is 2.28. The van der Waals surface area contributed by atoms with E-state index in [0.717, 1.165) is 4.47 Å². The first-order valence-electron chi connectivity index (χ1n) is 4.73. The zero-order chi connectivity index (χ0) is 11.4. The maximum atomic E-state index is 13.3. The van der Waals surface area contributed by atoms with Gasteiger partial charge in [-0.2, -0.15) is 0 Å². The molecule has 2 nitrogen and oxygen atoms in total. The fourth-order valence-electron chi connectivity index (χ4n) is 1.23. The number of nitrogens with zero attached hydrogens (tertiary/aromatic N) is 1. The summed E-state index contributed by atoms with van der Waals surface area (Å²) in [5, 5.41) is 0. The van der Waals surface area contributed by atoms with Crippen molar-refractivity contribution in [1.29, 1.82) is 0 Å². The first-order valence-corrected chi connectivity index (χ1v) is 5.53. The Balaban J connectivity index is 2.05. The molecule has 2 aromatic rings. The lowest BCUT2D eigenvalue weighted by Crippen LogP contribution is -1.99. The molecule has 0 amide bonds. The van der Waals surface area contributed by atoms with Crippen molar-refractivity contribution >= 4 is 15.9 Å². The zero-order valence-electron chi connectivity index (χ0n) is 8.36. The van der Waals surface area contributed by atoms with E-state index in [-0.39, 0.29) is 12.4 Å². The van der Waals surface area contributed by atoms with Crippen LogP contribution in [0.25, 0.3) is 0 Å². The first-order chi connectivity index (χ1) is 7.75. The van der Waals surface area contributed by atoms with Crippen molar-refractivity contribution < 1.29 is 9.13 Å². The zero-order valence-corrected chi connectivity index (χ0v) is 9.95. The van der Waals surface area contributed by atoms with Crippen LogP contribution in [0.2, 0.25) is 0 Å². The molecule has 0 bridgehead atoms. The number of ether oxygens (including phenoxy) is 1. The molecule has 0 aliphatic rings. The summed E-state index contributed by atoms with van der Waals surface area (Å²) in [4.78, 5) is 4.01. The number of aromatic nitrogens is 1. The van der Waals surface area contributed by atoms with E-state index in [1.807, 2.05) is 0 Å². The molecule has 16 heavy (non-hydrogen) atoms. The van der Waals surface area contributed by atoms with Gasteiger partial charge in [-0.1, -0.05) is 34.1 Å². The number of halogens is 2. The van der Waals surface area contributed by atoms with Gasteiger partial charge in [0, 0.05) is 22.3 Å². The maximum absolute atomic E-state index is 13.3. The van der Waals surface area contributed by atoms with Crippen LogP contribution in [0.4, 0.5) is 4.39 Å². The molecule has 0 aliphatic carbocycles. The highest BCUT2D eigenvalue weighted by molar-refractivity contribution is 9.10. The molecule has 2 rings (SSSR count). The Labute approximate surface area is 101 Å². The number of rotatable bonds is 3. The fraction of sp³-hybridized carbons (Fsp3) is 0.0833. The van der Waals surface area contributed by atoms with Crippen LogP contribution in [-0.2, 0) is 6.61 Å². The fourth-order valence-corrected chi connectivity index (χ4v) is 1.55. The second-order valence-electron chi connectivity index (χ2n) is 3.19. The molecule has 1 heterocycles. The lowest BCUT2D eigenvalue weighted by atomic mass is 10.2. The molecule has 0 atom stereocenters. The van der Waals surface area contributed by atoms with E-state index in [1.165, 1.54) is 6.07 Å². The Morgan fingerprint density at radius 2 is 2.06 bits per heavy atom. The predicted molar refractivity (Wildman–Crippen MR) is 62.7 cm³/mol. The van der Waals surface area contributed by atoms with Gasteiger partial charge in [-0.25, -0.2) is 9.37 Å². The first kappa shape index (κ1) is 11.1. The van der Waals surface area contributed by atoms with E-state index < -0.39 is 0 Å². The molecular formula is C12H9BrFNO. The van der Waals surface area contributed by atoms with Crippen LogP contribution in [0.15, 0.2) is 47.1 Å². The minimum Gasteiger partial charge on any atom is -0.473 e. The van der Waals surface area contributed by atoms with Gasteiger partial charge in [-0.3, -0.25) is 0 Å². The van der Waals surface area contributed by atoms with Crippen LogP contribution in [0.5, 0.6) is 5.88 Å². The summed E-state index contributed by atoms with van der Waals surface area (Å²) >= 11 is 3.31. The lowest BCUT2D eigenvalue weighted by molar-refractivity contribution is 0.288. The predicted octanol–water partition coefficient (Wildman–Crippen LogP) is 3.56. The SMILES string of the molecule is Fc1ccccc1COc1cc(Br)ccn1. The van der Waals surface area contributed by atoms with Gasteiger partial charge < -0.3 is 4.74 Å². The highest BCUT2D eigenvalue weighted by Gasteiger charge is 2.02. The monoisotopic (exact) mass is 281 g/mol.